The highest BCUT2D eigenvalue weighted by Crippen LogP contribution is 2.35. The molecule has 2 aromatic rings. The Labute approximate surface area is 134 Å². The molecule has 1 saturated heterocycles. The van der Waals surface area contributed by atoms with Crippen molar-refractivity contribution in [3.63, 3.8) is 0 Å². The van der Waals surface area contributed by atoms with Gasteiger partial charge in [0.2, 0.25) is 5.13 Å². The van der Waals surface area contributed by atoms with Crippen molar-refractivity contribution in [3.8, 4) is 0 Å². The number of benzene rings is 1. The first-order valence-corrected chi connectivity index (χ1v) is 7.73. The predicted octanol–water partition coefficient (Wildman–Crippen LogP) is 1.11. The predicted molar refractivity (Wildman–Crippen MR) is 79.6 cm³/mol. The number of amides is 1. The van der Waals surface area contributed by atoms with Gasteiger partial charge in [-0.15, -0.1) is 10.2 Å². The lowest BCUT2D eigenvalue weighted by atomic mass is 10.1. The third kappa shape index (κ3) is 3.37. The number of hydrogen-bond acceptors (Lipinski definition) is 7. The summed E-state index contributed by atoms with van der Waals surface area (Å²) in [7, 11) is 0. The fourth-order valence-corrected chi connectivity index (χ4v) is 3.07. The van der Waals surface area contributed by atoms with Gasteiger partial charge in [-0.3, -0.25) is 10.1 Å². The molecule has 9 heteroatoms. The van der Waals surface area contributed by atoms with E-state index in [1.165, 1.54) is 18.2 Å². The summed E-state index contributed by atoms with van der Waals surface area (Å²) in [6.45, 7) is -0.284. The second-order valence-corrected chi connectivity index (χ2v) is 6.04. The van der Waals surface area contributed by atoms with Crippen LogP contribution in [-0.4, -0.2) is 45.1 Å². The molecule has 0 radical (unpaired) electrons. The maximum Gasteiger partial charge on any atom is 0.260 e. The van der Waals surface area contributed by atoms with Crippen LogP contribution in [0.3, 0.4) is 0 Å². The highest BCUT2D eigenvalue weighted by molar-refractivity contribution is 7.15. The van der Waals surface area contributed by atoms with E-state index in [0.717, 1.165) is 11.3 Å². The average Bonchev–Trinajstić information content (AvgIpc) is 3.14. The van der Waals surface area contributed by atoms with Crippen molar-refractivity contribution in [1.29, 1.82) is 0 Å². The minimum atomic E-state index is -0.773. The van der Waals surface area contributed by atoms with E-state index in [4.69, 9.17) is 9.84 Å². The summed E-state index contributed by atoms with van der Waals surface area (Å²) in [5.74, 6) is -1.24. The van der Waals surface area contributed by atoms with Gasteiger partial charge in [0, 0.05) is 6.42 Å². The lowest BCUT2D eigenvalue weighted by Gasteiger charge is -2.09. The minimum Gasteiger partial charge on any atom is -0.394 e. The van der Waals surface area contributed by atoms with Crippen LogP contribution in [0.25, 0.3) is 0 Å². The monoisotopic (exact) mass is 339 g/mol. The normalized spacial score (nSPS) is 23.9. The number of nitrogens with one attached hydrogen (secondary N) is 1. The smallest absolute Gasteiger partial charge is 0.260 e. The van der Waals surface area contributed by atoms with Gasteiger partial charge in [-0.25, -0.2) is 4.39 Å². The number of rotatable bonds is 4. The molecule has 23 heavy (non-hydrogen) atoms. The number of aliphatic hydroxyl groups excluding tert-OH is 2. The van der Waals surface area contributed by atoms with Crippen LogP contribution in [0.2, 0.25) is 0 Å². The molecule has 7 nitrogen and oxygen atoms in total. The van der Waals surface area contributed by atoms with Crippen LogP contribution in [0.5, 0.6) is 0 Å². The largest absolute Gasteiger partial charge is 0.394 e. The molecule has 3 atom stereocenters. The maximum atomic E-state index is 13.6. The van der Waals surface area contributed by atoms with Gasteiger partial charge in [-0.2, -0.15) is 0 Å². The molecular weight excluding hydrogens is 325 g/mol. The van der Waals surface area contributed by atoms with Crippen LogP contribution in [-0.2, 0) is 4.74 Å². The van der Waals surface area contributed by atoms with E-state index in [-0.39, 0.29) is 17.3 Å². The SMILES string of the molecule is O=C(Nc1nnc([C@H]2C[C@H](O)[C@@H](CO)O2)s1)c1ccccc1F. The Morgan fingerprint density at radius 2 is 2.22 bits per heavy atom. The van der Waals surface area contributed by atoms with E-state index in [1.54, 1.807) is 6.07 Å². The number of nitrogens with zero attached hydrogens (tertiary/aromatic N) is 2. The van der Waals surface area contributed by atoms with Gasteiger partial charge in [-0.05, 0) is 12.1 Å². The Balaban J connectivity index is 1.68. The molecule has 1 aromatic carbocycles. The number of hydrogen-bond donors (Lipinski definition) is 3. The summed E-state index contributed by atoms with van der Waals surface area (Å²) in [6, 6.07) is 5.62. The lowest BCUT2D eigenvalue weighted by Crippen LogP contribution is -2.24. The molecule has 0 saturated carbocycles. The summed E-state index contributed by atoms with van der Waals surface area (Å²) in [6.07, 6.45) is -1.62. The number of carbonyl (C=O) groups is 1. The van der Waals surface area contributed by atoms with Crippen molar-refractivity contribution in [1.82, 2.24) is 10.2 Å². The van der Waals surface area contributed by atoms with Crippen LogP contribution in [0, 0.1) is 5.82 Å². The number of halogens is 1. The van der Waals surface area contributed by atoms with Crippen LogP contribution >= 0.6 is 11.3 Å². The van der Waals surface area contributed by atoms with Gasteiger partial charge in [0.05, 0.1) is 18.3 Å². The Kier molecular flexibility index (Phi) is 4.62. The van der Waals surface area contributed by atoms with Crippen molar-refractivity contribution in [2.45, 2.75) is 24.7 Å². The highest BCUT2D eigenvalue weighted by atomic mass is 32.1. The Morgan fingerprint density at radius 3 is 2.91 bits per heavy atom. The number of aromatic nitrogens is 2. The van der Waals surface area contributed by atoms with E-state index in [0.29, 0.717) is 11.4 Å². The zero-order valence-electron chi connectivity index (χ0n) is 11.8. The van der Waals surface area contributed by atoms with Gasteiger partial charge in [-0.1, -0.05) is 23.5 Å². The van der Waals surface area contributed by atoms with Gasteiger partial charge in [0.15, 0.2) is 0 Å². The van der Waals surface area contributed by atoms with Crippen molar-refractivity contribution >= 4 is 22.4 Å². The average molecular weight is 339 g/mol. The Morgan fingerprint density at radius 1 is 1.43 bits per heavy atom. The third-order valence-electron chi connectivity index (χ3n) is 3.46. The molecule has 0 unspecified atom stereocenters. The first-order valence-electron chi connectivity index (χ1n) is 6.92. The van der Waals surface area contributed by atoms with Crippen molar-refractivity contribution in [3.05, 3.63) is 40.7 Å². The van der Waals surface area contributed by atoms with E-state index in [1.807, 2.05) is 0 Å². The molecule has 3 N–H and O–H groups in total. The molecule has 1 aromatic heterocycles. The van der Waals surface area contributed by atoms with Crippen LogP contribution in [0.15, 0.2) is 24.3 Å². The molecule has 2 heterocycles. The first kappa shape index (κ1) is 15.9. The van der Waals surface area contributed by atoms with Gasteiger partial charge >= 0.3 is 0 Å². The van der Waals surface area contributed by atoms with E-state index >= 15 is 0 Å². The van der Waals surface area contributed by atoms with Crippen molar-refractivity contribution in [2.24, 2.45) is 0 Å². The second kappa shape index (κ2) is 6.67. The fraction of sp³-hybridized carbons (Fsp3) is 0.357. The Bertz CT molecular complexity index is 711. The van der Waals surface area contributed by atoms with Gasteiger partial charge < -0.3 is 14.9 Å². The maximum absolute atomic E-state index is 13.6. The molecule has 1 amide bonds. The van der Waals surface area contributed by atoms with Crippen LogP contribution < -0.4 is 5.32 Å². The second-order valence-electron chi connectivity index (χ2n) is 5.03. The molecule has 0 aliphatic carbocycles. The molecule has 122 valence electrons. The molecular formula is C14H14FN3O4S. The van der Waals surface area contributed by atoms with Crippen LogP contribution in [0.4, 0.5) is 9.52 Å². The van der Waals surface area contributed by atoms with Gasteiger partial charge in [0.25, 0.3) is 5.91 Å². The molecule has 3 rings (SSSR count). The first-order chi connectivity index (χ1) is 11.1. The number of ether oxygens (including phenoxy) is 1. The fourth-order valence-electron chi connectivity index (χ4n) is 2.28. The highest BCUT2D eigenvalue weighted by Gasteiger charge is 2.36. The van der Waals surface area contributed by atoms with Gasteiger partial charge in [0.1, 0.15) is 23.0 Å². The van der Waals surface area contributed by atoms with E-state index < -0.39 is 30.0 Å². The summed E-state index contributed by atoms with van der Waals surface area (Å²) >= 11 is 1.08. The molecule has 1 fully saturated rings. The number of carbonyl (C=O) groups excluding carboxylic acids is 1. The molecule has 1 aliphatic rings. The number of anilines is 1. The number of aliphatic hydroxyl groups is 2. The zero-order chi connectivity index (χ0) is 16.4. The zero-order valence-corrected chi connectivity index (χ0v) is 12.7. The van der Waals surface area contributed by atoms with Crippen molar-refractivity contribution in [2.75, 3.05) is 11.9 Å². The molecule has 1 aliphatic heterocycles. The molecule has 0 bridgehead atoms. The van der Waals surface area contributed by atoms with E-state index in [9.17, 15) is 14.3 Å². The summed E-state index contributed by atoms with van der Waals surface area (Å²) < 4.78 is 19.0. The quantitative estimate of drug-likeness (QED) is 0.771. The lowest BCUT2D eigenvalue weighted by molar-refractivity contribution is -0.0227. The minimum absolute atomic E-state index is 0.0860. The molecule has 0 spiro atoms. The third-order valence-corrected chi connectivity index (χ3v) is 4.39. The van der Waals surface area contributed by atoms with E-state index in [2.05, 4.69) is 15.5 Å². The summed E-state index contributed by atoms with van der Waals surface area (Å²) in [5, 5.41) is 29.7. The van der Waals surface area contributed by atoms with Crippen LogP contribution in [0.1, 0.15) is 27.9 Å². The Hall–Kier alpha value is -1.94. The summed E-state index contributed by atoms with van der Waals surface area (Å²) in [5.41, 5.74) is -0.0860. The standard InChI is InChI=1S/C14H14FN3O4S/c15-8-4-2-1-3-7(8)12(21)16-14-18-17-13(23-14)10-5-9(20)11(6-19)22-10/h1-4,9-11,19-20H,5-6H2,(H,16,18,21)/t9-,10+,11+/m0/s1. The summed E-state index contributed by atoms with van der Waals surface area (Å²) in [4.78, 5) is 12.0. The topological polar surface area (TPSA) is 105 Å². The van der Waals surface area contributed by atoms with Crippen molar-refractivity contribution < 1.29 is 24.1 Å².